The lowest BCUT2D eigenvalue weighted by Gasteiger charge is -2.21. The molecule has 2 heterocycles. The van der Waals surface area contributed by atoms with Crippen molar-refractivity contribution < 1.29 is 13.2 Å². The Labute approximate surface area is 173 Å². The van der Waals surface area contributed by atoms with Gasteiger partial charge >= 0.3 is 0 Å². The third-order valence-corrected chi connectivity index (χ3v) is 7.67. The Hall–Kier alpha value is -2.19. The molecule has 29 heavy (non-hydrogen) atoms. The summed E-state index contributed by atoms with van der Waals surface area (Å²) >= 11 is 0. The Balaban J connectivity index is 1.80. The fourth-order valence-electron chi connectivity index (χ4n) is 4.22. The molecule has 0 unspecified atom stereocenters. The molecule has 1 aliphatic heterocycles. The number of hydrogen-bond donors (Lipinski definition) is 0. The lowest BCUT2D eigenvalue weighted by atomic mass is 10.1. The van der Waals surface area contributed by atoms with Crippen LogP contribution in [0.2, 0.25) is 0 Å². The first-order valence-electron chi connectivity index (χ1n) is 9.99. The number of rotatable bonds is 6. The van der Waals surface area contributed by atoms with Crippen LogP contribution < -0.4 is 4.90 Å². The third-order valence-electron chi connectivity index (χ3n) is 5.82. The average molecular weight is 419 g/mol. The number of carbonyl (C=O) groups is 1. The normalized spacial score (nSPS) is 16.5. The van der Waals surface area contributed by atoms with Gasteiger partial charge < -0.3 is 4.90 Å². The van der Waals surface area contributed by atoms with E-state index in [1.165, 1.54) is 11.2 Å². The average Bonchev–Trinajstić information content (AvgIpc) is 3.13. The van der Waals surface area contributed by atoms with Crippen molar-refractivity contribution in [2.24, 2.45) is 0 Å². The summed E-state index contributed by atoms with van der Waals surface area (Å²) in [6, 6.07) is 5.11. The second-order valence-corrected chi connectivity index (χ2v) is 9.82. The van der Waals surface area contributed by atoms with Crippen LogP contribution in [-0.2, 0) is 34.2 Å². The summed E-state index contributed by atoms with van der Waals surface area (Å²) in [6.45, 7) is 10.7. The number of aromatic nitrogens is 2. The molecule has 0 saturated heterocycles. The van der Waals surface area contributed by atoms with Gasteiger partial charge in [0, 0.05) is 44.5 Å². The van der Waals surface area contributed by atoms with E-state index in [9.17, 15) is 13.2 Å². The van der Waals surface area contributed by atoms with E-state index < -0.39 is 10.0 Å². The zero-order valence-corrected chi connectivity index (χ0v) is 18.9. The van der Waals surface area contributed by atoms with Crippen LogP contribution in [0.25, 0.3) is 0 Å². The molecule has 0 spiro atoms. The first-order chi connectivity index (χ1) is 13.6. The molecular formula is C21H30N4O3S. The topological polar surface area (TPSA) is 75.5 Å². The van der Waals surface area contributed by atoms with E-state index in [4.69, 9.17) is 0 Å². The number of anilines is 1. The van der Waals surface area contributed by atoms with Gasteiger partial charge in [-0.05, 0) is 69.9 Å². The highest BCUT2D eigenvalue weighted by Gasteiger charge is 2.31. The molecule has 0 radical (unpaired) electrons. The summed E-state index contributed by atoms with van der Waals surface area (Å²) in [5, 5.41) is 4.51. The van der Waals surface area contributed by atoms with E-state index in [2.05, 4.69) is 5.10 Å². The number of nitrogens with zero attached hydrogens (tertiary/aromatic N) is 4. The molecule has 158 valence electrons. The highest BCUT2D eigenvalue weighted by atomic mass is 32.2. The summed E-state index contributed by atoms with van der Waals surface area (Å²) in [5.74, 6) is -0.0256. The fraction of sp³-hybridized carbons (Fsp3) is 0.524. The number of hydrogen-bond acceptors (Lipinski definition) is 4. The van der Waals surface area contributed by atoms with Crippen molar-refractivity contribution in [1.82, 2.24) is 14.1 Å². The maximum Gasteiger partial charge on any atom is 0.242 e. The van der Waals surface area contributed by atoms with Gasteiger partial charge in [-0.25, -0.2) is 12.7 Å². The van der Waals surface area contributed by atoms with Gasteiger partial charge in [-0.3, -0.25) is 9.48 Å². The number of aryl methyl sites for hydroxylation is 2. The van der Waals surface area contributed by atoms with Crippen LogP contribution in [0.15, 0.2) is 23.1 Å². The van der Waals surface area contributed by atoms with Gasteiger partial charge in [0.05, 0.1) is 10.6 Å². The van der Waals surface area contributed by atoms with Crippen LogP contribution >= 0.6 is 0 Å². The van der Waals surface area contributed by atoms with Crippen molar-refractivity contribution >= 4 is 21.6 Å². The molecule has 0 aliphatic carbocycles. The highest BCUT2D eigenvalue weighted by molar-refractivity contribution is 7.89. The second-order valence-electron chi connectivity index (χ2n) is 7.77. The van der Waals surface area contributed by atoms with Gasteiger partial charge in [-0.2, -0.15) is 5.10 Å². The van der Waals surface area contributed by atoms with Crippen LogP contribution in [-0.4, -0.2) is 48.0 Å². The number of fused-ring (bicyclic) bond motifs is 1. The van der Waals surface area contributed by atoms with Gasteiger partial charge in [-0.15, -0.1) is 0 Å². The van der Waals surface area contributed by atoms with E-state index in [0.29, 0.717) is 19.4 Å². The summed E-state index contributed by atoms with van der Waals surface area (Å²) in [6.07, 6.45) is 1.28. The number of benzene rings is 1. The lowest BCUT2D eigenvalue weighted by Crippen LogP contribution is -2.33. The van der Waals surface area contributed by atoms with Crippen molar-refractivity contribution in [2.75, 3.05) is 18.5 Å². The Morgan fingerprint density at radius 3 is 2.59 bits per heavy atom. The molecule has 1 amide bonds. The number of likely N-dealkylation sites (N-methyl/N-ethyl adjacent to an activating group) is 1. The van der Waals surface area contributed by atoms with E-state index in [-0.39, 0.29) is 16.8 Å². The molecule has 0 fully saturated rings. The highest BCUT2D eigenvalue weighted by Crippen LogP contribution is 2.34. The Bertz CT molecular complexity index is 1040. The van der Waals surface area contributed by atoms with E-state index in [0.717, 1.165) is 34.7 Å². The Morgan fingerprint density at radius 1 is 1.31 bits per heavy atom. The van der Waals surface area contributed by atoms with Crippen molar-refractivity contribution in [2.45, 2.75) is 64.9 Å². The molecule has 0 saturated carbocycles. The fourth-order valence-corrected chi connectivity index (χ4v) is 5.44. The largest absolute Gasteiger partial charge is 0.309 e. The molecule has 0 N–H and O–H groups in total. The van der Waals surface area contributed by atoms with Gasteiger partial charge in [0.25, 0.3) is 0 Å². The minimum Gasteiger partial charge on any atom is -0.309 e. The van der Waals surface area contributed by atoms with E-state index >= 15 is 0 Å². The Kier molecular flexibility index (Phi) is 5.87. The summed E-state index contributed by atoms with van der Waals surface area (Å²) in [7, 11) is -1.99. The van der Waals surface area contributed by atoms with Crippen molar-refractivity contribution in [1.29, 1.82) is 0 Å². The molecule has 1 aliphatic rings. The van der Waals surface area contributed by atoms with E-state index in [1.807, 2.05) is 32.4 Å². The van der Waals surface area contributed by atoms with E-state index in [1.54, 1.807) is 30.1 Å². The van der Waals surface area contributed by atoms with Crippen molar-refractivity contribution in [3.63, 3.8) is 0 Å². The molecule has 1 aromatic carbocycles. The van der Waals surface area contributed by atoms with Crippen LogP contribution in [0.4, 0.5) is 5.69 Å². The van der Waals surface area contributed by atoms with Crippen LogP contribution in [0.5, 0.6) is 0 Å². The Morgan fingerprint density at radius 2 is 2.00 bits per heavy atom. The van der Waals surface area contributed by atoms with Crippen molar-refractivity contribution in [3.8, 4) is 0 Å². The predicted molar refractivity (Wildman–Crippen MR) is 114 cm³/mol. The quantitative estimate of drug-likeness (QED) is 0.723. The molecule has 0 bridgehead atoms. The first kappa shape index (κ1) is 21.5. The standard InChI is InChI=1S/C21H30N4O3S/c1-7-24-16(4)20(15(3)22-24)10-11-23(6)29(27,28)19-8-9-21-18(13-19)12-14(2)25(21)17(5)26/h8-9,13-14H,7,10-12H2,1-6H3/t14-/m0/s1. The minimum absolute atomic E-state index is 0.0256. The molecular weight excluding hydrogens is 388 g/mol. The predicted octanol–water partition coefficient (Wildman–Crippen LogP) is 2.68. The molecule has 1 aromatic heterocycles. The van der Waals surface area contributed by atoms with Crippen LogP contribution in [0.1, 0.15) is 43.3 Å². The van der Waals surface area contributed by atoms with Crippen molar-refractivity contribution in [3.05, 3.63) is 40.7 Å². The monoisotopic (exact) mass is 418 g/mol. The zero-order valence-electron chi connectivity index (χ0n) is 18.1. The van der Waals surface area contributed by atoms with Gasteiger partial charge in [-0.1, -0.05) is 0 Å². The SMILES string of the molecule is CCn1nc(C)c(CCN(C)S(=O)(=O)c2ccc3c(c2)C[C@H](C)N3C(C)=O)c1C. The van der Waals surface area contributed by atoms with Crippen LogP contribution in [0.3, 0.4) is 0 Å². The maximum absolute atomic E-state index is 13.1. The smallest absolute Gasteiger partial charge is 0.242 e. The maximum atomic E-state index is 13.1. The van der Waals surface area contributed by atoms with Crippen LogP contribution in [0, 0.1) is 13.8 Å². The third kappa shape index (κ3) is 3.83. The minimum atomic E-state index is -3.61. The molecule has 8 heteroatoms. The number of amides is 1. The molecule has 3 rings (SSSR count). The van der Waals surface area contributed by atoms with Gasteiger partial charge in [0.1, 0.15) is 0 Å². The summed E-state index contributed by atoms with van der Waals surface area (Å²) < 4.78 is 29.6. The summed E-state index contributed by atoms with van der Waals surface area (Å²) in [5.41, 5.74) is 4.86. The van der Waals surface area contributed by atoms with Gasteiger partial charge in [0.2, 0.25) is 15.9 Å². The lowest BCUT2D eigenvalue weighted by molar-refractivity contribution is -0.116. The zero-order chi connectivity index (χ0) is 21.5. The molecule has 1 atom stereocenters. The van der Waals surface area contributed by atoms with Gasteiger partial charge in [0.15, 0.2) is 0 Å². The second kappa shape index (κ2) is 7.91. The molecule has 2 aromatic rings. The number of sulfonamides is 1. The molecule has 7 nitrogen and oxygen atoms in total. The first-order valence-corrected chi connectivity index (χ1v) is 11.4. The summed E-state index contributed by atoms with van der Waals surface area (Å²) in [4.78, 5) is 13.9. The number of carbonyl (C=O) groups excluding carboxylic acids is 1.